The molecule has 6 heteroatoms. The van der Waals surface area contributed by atoms with Crippen molar-refractivity contribution in [1.29, 1.82) is 0 Å². The number of ether oxygens (including phenoxy) is 1. The number of aromatic nitrogens is 2. The molecule has 0 fully saturated rings. The van der Waals surface area contributed by atoms with E-state index >= 15 is 0 Å². The van der Waals surface area contributed by atoms with Crippen molar-refractivity contribution in [3.05, 3.63) is 53.9 Å². The molecule has 2 heterocycles. The molecule has 0 amide bonds. The van der Waals surface area contributed by atoms with Crippen LogP contribution in [0.5, 0.6) is 5.75 Å². The van der Waals surface area contributed by atoms with E-state index in [1.54, 1.807) is 18.5 Å². The zero-order valence-corrected chi connectivity index (χ0v) is 13.9. The summed E-state index contributed by atoms with van der Waals surface area (Å²) < 4.78 is 5.62. The number of halogens is 2. The Morgan fingerprint density at radius 2 is 2.05 bits per heavy atom. The Morgan fingerprint density at radius 1 is 1.14 bits per heavy atom. The van der Waals surface area contributed by atoms with Gasteiger partial charge in [-0.2, -0.15) is 0 Å². The Labute approximate surface area is 141 Å². The highest BCUT2D eigenvalue weighted by Gasteiger charge is 2.05. The summed E-state index contributed by atoms with van der Waals surface area (Å²) in [6.45, 7) is 0.637. The third-order valence-electron chi connectivity index (χ3n) is 3.07. The number of anilines is 2. The topological polar surface area (TPSA) is 47.0 Å². The third kappa shape index (κ3) is 3.48. The van der Waals surface area contributed by atoms with E-state index in [-0.39, 0.29) is 0 Å². The molecule has 112 valence electrons. The lowest BCUT2D eigenvalue weighted by atomic mass is 10.1. The van der Waals surface area contributed by atoms with Gasteiger partial charge in [0.25, 0.3) is 0 Å². The molecule has 0 atom stereocenters. The first-order valence-electron chi connectivity index (χ1n) is 6.72. The van der Waals surface area contributed by atoms with Crippen LogP contribution in [0.4, 0.5) is 11.5 Å². The molecular weight excluding hydrogens is 366 g/mol. The van der Waals surface area contributed by atoms with Crippen molar-refractivity contribution in [3.8, 4) is 5.75 Å². The van der Waals surface area contributed by atoms with E-state index in [0.29, 0.717) is 11.8 Å². The van der Waals surface area contributed by atoms with Gasteiger partial charge in [0.05, 0.1) is 18.5 Å². The molecule has 22 heavy (non-hydrogen) atoms. The van der Waals surface area contributed by atoms with Gasteiger partial charge in [-0.15, -0.1) is 0 Å². The Balaban J connectivity index is 1.91. The summed E-state index contributed by atoms with van der Waals surface area (Å²) in [4.78, 5) is 8.45. The summed E-state index contributed by atoms with van der Waals surface area (Å²) in [5, 5.41) is 6.60. The Bertz CT molecular complexity index is 780. The quantitative estimate of drug-likeness (QED) is 0.512. The summed E-state index contributed by atoms with van der Waals surface area (Å²) in [6, 6.07) is 11.5. The number of fused-ring (bicyclic) bond motifs is 1. The first-order chi connectivity index (χ1) is 10.8. The molecule has 1 aromatic carbocycles. The van der Waals surface area contributed by atoms with Crippen LogP contribution in [-0.4, -0.2) is 21.9 Å². The van der Waals surface area contributed by atoms with Gasteiger partial charge in [0.1, 0.15) is 16.7 Å². The number of benzene rings is 1. The number of hydrogen-bond acceptors (Lipinski definition) is 4. The summed E-state index contributed by atoms with van der Waals surface area (Å²) >= 11 is 9.15. The summed E-state index contributed by atoms with van der Waals surface area (Å²) in [5.41, 5.74) is 0.837. The summed E-state index contributed by atoms with van der Waals surface area (Å²) in [7, 11) is 0. The van der Waals surface area contributed by atoms with E-state index in [1.807, 2.05) is 30.3 Å². The SMILES string of the molecule is Clc1ccc(Nc2nccc3cc(OCCBr)ccc23)cn1. The summed E-state index contributed by atoms with van der Waals surface area (Å²) in [6.07, 6.45) is 3.44. The minimum atomic E-state index is 0.463. The van der Waals surface area contributed by atoms with Gasteiger partial charge in [0.2, 0.25) is 0 Å². The van der Waals surface area contributed by atoms with Gasteiger partial charge in [-0.05, 0) is 41.8 Å². The molecule has 0 saturated carbocycles. The van der Waals surface area contributed by atoms with Crippen molar-refractivity contribution in [1.82, 2.24) is 9.97 Å². The van der Waals surface area contributed by atoms with Crippen LogP contribution >= 0.6 is 27.5 Å². The van der Waals surface area contributed by atoms with Crippen molar-refractivity contribution in [2.45, 2.75) is 0 Å². The van der Waals surface area contributed by atoms with Gasteiger partial charge in [-0.1, -0.05) is 27.5 Å². The minimum Gasteiger partial charge on any atom is -0.493 e. The van der Waals surface area contributed by atoms with Crippen molar-refractivity contribution in [2.75, 3.05) is 17.3 Å². The van der Waals surface area contributed by atoms with E-state index in [4.69, 9.17) is 16.3 Å². The van der Waals surface area contributed by atoms with Crippen LogP contribution in [0.1, 0.15) is 0 Å². The van der Waals surface area contributed by atoms with Crippen molar-refractivity contribution in [3.63, 3.8) is 0 Å². The second kappa shape index (κ2) is 6.94. The second-order valence-electron chi connectivity index (χ2n) is 4.57. The molecule has 0 radical (unpaired) electrons. The predicted octanol–water partition coefficient (Wildman–Crippen LogP) is 4.80. The highest BCUT2D eigenvalue weighted by Crippen LogP contribution is 2.27. The average Bonchev–Trinajstić information content (AvgIpc) is 2.55. The number of alkyl halides is 1. The fourth-order valence-electron chi connectivity index (χ4n) is 2.09. The lowest BCUT2D eigenvalue weighted by molar-refractivity contribution is 0.345. The standard InChI is InChI=1S/C16H13BrClN3O/c17-6-8-22-13-2-3-14-11(9-13)5-7-19-16(14)21-12-1-4-15(18)20-10-12/h1-5,7,9-10H,6,8H2,(H,19,21). The van der Waals surface area contributed by atoms with Crippen molar-refractivity contribution >= 4 is 49.8 Å². The Morgan fingerprint density at radius 3 is 2.82 bits per heavy atom. The maximum Gasteiger partial charge on any atom is 0.138 e. The van der Waals surface area contributed by atoms with E-state index in [0.717, 1.165) is 33.4 Å². The summed E-state index contributed by atoms with van der Waals surface area (Å²) in [5.74, 6) is 1.62. The molecule has 0 spiro atoms. The van der Waals surface area contributed by atoms with Crippen LogP contribution in [0, 0.1) is 0 Å². The lowest BCUT2D eigenvalue weighted by Gasteiger charge is -2.10. The zero-order chi connectivity index (χ0) is 15.4. The molecule has 3 rings (SSSR count). The maximum absolute atomic E-state index is 5.80. The number of nitrogens with one attached hydrogen (secondary N) is 1. The number of rotatable bonds is 5. The first-order valence-corrected chi connectivity index (χ1v) is 8.22. The van der Waals surface area contributed by atoms with Crippen molar-refractivity contribution < 1.29 is 4.74 Å². The third-order valence-corrected chi connectivity index (χ3v) is 3.62. The minimum absolute atomic E-state index is 0.463. The second-order valence-corrected chi connectivity index (χ2v) is 5.75. The molecule has 0 saturated heterocycles. The predicted molar refractivity (Wildman–Crippen MR) is 93.6 cm³/mol. The zero-order valence-electron chi connectivity index (χ0n) is 11.6. The van der Waals surface area contributed by atoms with Crippen LogP contribution in [0.15, 0.2) is 48.8 Å². The highest BCUT2D eigenvalue weighted by molar-refractivity contribution is 9.09. The van der Waals surface area contributed by atoms with Gasteiger partial charge in [0, 0.05) is 16.9 Å². The van der Waals surface area contributed by atoms with E-state index < -0.39 is 0 Å². The van der Waals surface area contributed by atoms with Crippen LogP contribution in [0.25, 0.3) is 10.8 Å². The molecule has 0 unspecified atom stereocenters. The Kier molecular flexibility index (Phi) is 4.75. The van der Waals surface area contributed by atoms with Crippen molar-refractivity contribution in [2.24, 2.45) is 0 Å². The fourth-order valence-corrected chi connectivity index (χ4v) is 2.36. The first kappa shape index (κ1) is 15.1. The Hall–Kier alpha value is -1.85. The van der Waals surface area contributed by atoms with Crippen LogP contribution in [0.2, 0.25) is 5.15 Å². The maximum atomic E-state index is 5.80. The average molecular weight is 379 g/mol. The van der Waals surface area contributed by atoms with Crippen LogP contribution in [0.3, 0.4) is 0 Å². The largest absolute Gasteiger partial charge is 0.493 e. The normalized spacial score (nSPS) is 10.6. The number of nitrogens with zero attached hydrogens (tertiary/aromatic N) is 2. The number of pyridine rings is 2. The highest BCUT2D eigenvalue weighted by atomic mass is 79.9. The molecular formula is C16H13BrClN3O. The molecule has 3 aromatic rings. The van der Waals surface area contributed by atoms with Gasteiger partial charge in [0.15, 0.2) is 0 Å². The molecule has 1 N–H and O–H groups in total. The lowest BCUT2D eigenvalue weighted by Crippen LogP contribution is -1.98. The fraction of sp³-hybridized carbons (Fsp3) is 0.125. The monoisotopic (exact) mass is 377 g/mol. The van der Waals surface area contributed by atoms with Gasteiger partial charge in [-0.25, -0.2) is 9.97 Å². The molecule has 0 aliphatic rings. The van der Waals surface area contributed by atoms with E-state index in [2.05, 4.69) is 31.2 Å². The molecule has 0 bridgehead atoms. The van der Waals surface area contributed by atoms with Crippen LogP contribution in [-0.2, 0) is 0 Å². The van der Waals surface area contributed by atoms with Gasteiger partial charge < -0.3 is 10.1 Å². The van der Waals surface area contributed by atoms with Gasteiger partial charge in [-0.3, -0.25) is 0 Å². The molecule has 4 nitrogen and oxygen atoms in total. The van der Waals surface area contributed by atoms with Gasteiger partial charge >= 0.3 is 0 Å². The smallest absolute Gasteiger partial charge is 0.138 e. The molecule has 0 aliphatic heterocycles. The number of hydrogen-bond donors (Lipinski definition) is 1. The molecule has 2 aromatic heterocycles. The van der Waals surface area contributed by atoms with Crippen LogP contribution < -0.4 is 10.1 Å². The van der Waals surface area contributed by atoms with E-state index in [1.165, 1.54) is 0 Å². The van der Waals surface area contributed by atoms with E-state index in [9.17, 15) is 0 Å². The molecule has 0 aliphatic carbocycles.